The second-order valence-corrected chi connectivity index (χ2v) is 5.84. The highest BCUT2D eigenvalue weighted by atomic mass is 19.1. The highest BCUT2D eigenvalue weighted by Crippen LogP contribution is 2.26. The first-order valence-corrected chi connectivity index (χ1v) is 7.80. The molecule has 1 atom stereocenters. The fraction of sp³-hybridized carbons (Fsp3) is 0.529. The molecule has 1 fully saturated rings. The van der Waals surface area contributed by atoms with E-state index in [4.69, 9.17) is 4.74 Å². The summed E-state index contributed by atoms with van der Waals surface area (Å²) < 4.78 is 18.0. The molecule has 5 heteroatoms. The summed E-state index contributed by atoms with van der Waals surface area (Å²) in [7, 11) is 0. The van der Waals surface area contributed by atoms with Crippen molar-refractivity contribution >= 4 is 17.6 Å². The van der Waals surface area contributed by atoms with Crippen LogP contribution in [-0.2, 0) is 14.3 Å². The number of amides is 1. The van der Waals surface area contributed by atoms with Crippen LogP contribution in [0.4, 0.5) is 10.1 Å². The minimum atomic E-state index is -0.860. The fourth-order valence-electron chi connectivity index (χ4n) is 2.70. The standard InChI is InChI=1S/C17H22FNO3/c1-12(17(21)19-15-9-7-14(18)8-10-15)22-16(20)11-13-5-3-2-4-6-13/h7-10,12-13H,2-6,11H2,1H3,(H,19,21)/t12-/m1/s1. The Bertz CT molecular complexity index is 509. The van der Waals surface area contributed by atoms with Crippen molar-refractivity contribution in [2.75, 3.05) is 5.32 Å². The third-order valence-electron chi connectivity index (χ3n) is 3.97. The zero-order valence-corrected chi connectivity index (χ0v) is 12.8. The Morgan fingerprint density at radius 2 is 1.86 bits per heavy atom. The van der Waals surface area contributed by atoms with Gasteiger partial charge in [-0.2, -0.15) is 0 Å². The van der Waals surface area contributed by atoms with Crippen molar-refractivity contribution in [3.8, 4) is 0 Å². The normalized spacial score (nSPS) is 16.8. The minimum Gasteiger partial charge on any atom is -0.453 e. The number of carbonyl (C=O) groups excluding carboxylic acids is 2. The number of hydrogen-bond acceptors (Lipinski definition) is 3. The van der Waals surface area contributed by atoms with Gasteiger partial charge >= 0.3 is 5.97 Å². The van der Waals surface area contributed by atoms with E-state index >= 15 is 0 Å². The molecule has 120 valence electrons. The first kappa shape index (κ1) is 16.5. The van der Waals surface area contributed by atoms with Gasteiger partial charge in [0.1, 0.15) is 5.82 Å². The average Bonchev–Trinajstić information content (AvgIpc) is 2.50. The van der Waals surface area contributed by atoms with Gasteiger partial charge in [-0.3, -0.25) is 9.59 Å². The van der Waals surface area contributed by atoms with Crippen molar-refractivity contribution in [1.82, 2.24) is 0 Å². The van der Waals surface area contributed by atoms with Crippen LogP contribution < -0.4 is 5.32 Å². The van der Waals surface area contributed by atoms with Gasteiger partial charge in [0.25, 0.3) is 5.91 Å². The number of carbonyl (C=O) groups is 2. The predicted octanol–water partition coefficient (Wildman–Crippen LogP) is 3.67. The summed E-state index contributed by atoms with van der Waals surface area (Å²) in [6.07, 6.45) is 5.21. The van der Waals surface area contributed by atoms with E-state index in [-0.39, 0.29) is 11.8 Å². The Morgan fingerprint density at radius 3 is 2.50 bits per heavy atom. The molecule has 0 aromatic heterocycles. The van der Waals surface area contributed by atoms with E-state index in [1.165, 1.54) is 50.5 Å². The van der Waals surface area contributed by atoms with Crippen LogP contribution in [0, 0.1) is 11.7 Å². The topological polar surface area (TPSA) is 55.4 Å². The van der Waals surface area contributed by atoms with Gasteiger partial charge in [-0.05, 0) is 49.9 Å². The van der Waals surface area contributed by atoms with Crippen molar-refractivity contribution in [2.45, 2.75) is 51.6 Å². The number of anilines is 1. The van der Waals surface area contributed by atoms with Gasteiger partial charge in [-0.25, -0.2) is 4.39 Å². The molecule has 1 aromatic carbocycles. The monoisotopic (exact) mass is 307 g/mol. The fourth-order valence-corrected chi connectivity index (χ4v) is 2.70. The molecule has 1 aliphatic rings. The van der Waals surface area contributed by atoms with Crippen molar-refractivity contribution in [3.05, 3.63) is 30.1 Å². The molecule has 0 radical (unpaired) electrons. The summed E-state index contributed by atoms with van der Waals surface area (Å²) in [5.74, 6) is -0.726. The van der Waals surface area contributed by atoms with E-state index < -0.39 is 12.0 Å². The Kier molecular flexibility index (Phi) is 5.92. The number of esters is 1. The number of nitrogens with one attached hydrogen (secondary N) is 1. The Balaban J connectivity index is 1.77. The van der Waals surface area contributed by atoms with Gasteiger partial charge in [0.15, 0.2) is 6.10 Å². The second kappa shape index (κ2) is 7.92. The van der Waals surface area contributed by atoms with E-state index in [0.29, 0.717) is 18.0 Å². The minimum absolute atomic E-state index is 0.325. The third kappa shape index (κ3) is 5.13. The van der Waals surface area contributed by atoms with Gasteiger partial charge in [-0.1, -0.05) is 19.3 Å². The van der Waals surface area contributed by atoms with E-state index in [0.717, 1.165) is 12.8 Å². The Hall–Kier alpha value is -1.91. The first-order chi connectivity index (χ1) is 10.5. The SMILES string of the molecule is C[C@@H](OC(=O)CC1CCCCC1)C(=O)Nc1ccc(F)cc1. The summed E-state index contributed by atoms with van der Waals surface area (Å²) in [4.78, 5) is 23.8. The average molecular weight is 307 g/mol. The molecule has 1 amide bonds. The number of hydrogen-bond donors (Lipinski definition) is 1. The number of ether oxygens (including phenoxy) is 1. The maximum atomic E-state index is 12.8. The van der Waals surface area contributed by atoms with Crippen molar-refractivity contribution in [1.29, 1.82) is 0 Å². The zero-order chi connectivity index (χ0) is 15.9. The van der Waals surface area contributed by atoms with Crippen LogP contribution in [0.25, 0.3) is 0 Å². The Labute approximate surface area is 130 Å². The van der Waals surface area contributed by atoms with Gasteiger partial charge in [0.05, 0.1) is 0 Å². The van der Waals surface area contributed by atoms with Gasteiger partial charge < -0.3 is 10.1 Å². The quantitative estimate of drug-likeness (QED) is 0.845. The molecule has 4 nitrogen and oxygen atoms in total. The summed E-state index contributed by atoms with van der Waals surface area (Å²) in [6.45, 7) is 1.54. The van der Waals surface area contributed by atoms with Crippen molar-refractivity contribution in [3.63, 3.8) is 0 Å². The first-order valence-electron chi connectivity index (χ1n) is 7.80. The van der Waals surface area contributed by atoms with Crippen molar-refractivity contribution < 1.29 is 18.7 Å². The van der Waals surface area contributed by atoms with Crippen LogP contribution in [0.3, 0.4) is 0 Å². The Morgan fingerprint density at radius 1 is 1.23 bits per heavy atom. The smallest absolute Gasteiger partial charge is 0.306 e. The molecule has 0 aliphatic heterocycles. The summed E-state index contributed by atoms with van der Waals surface area (Å²) in [5, 5.41) is 2.60. The number of halogens is 1. The number of benzene rings is 1. The largest absolute Gasteiger partial charge is 0.453 e. The molecule has 0 unspecified atom stereocenters. The predicted molar refractivity (Wildman–Crippen MR) is 81.8 cm³/mol. The lowest BCUT2D eigenvalue weighted by atomic mass is 9.87. The van der Waals surface area contributed by atoms with E-state index in [2.05, 4.69) is 5.32 Å². The molecule has 1 aliphatic carbocycles. The molecule has 1 aromatic rings. The number of rotatable bonds is 5. The molecule has 1 saturated carbocycles. The lowest BCUT2D eigenvalue weighted by Crippen LogP contribution is -2.30. The molecule has 2 rings (SSSR count). The van der Waals surface area contributed by atoms with E-state index in [9.17, 15) is 14.0 Å². The lowest BCUT2D eigenvalue weighted by Gasteiger charge is -2.21. The van der Waals surface area contributed by atoms with Gasteiger partial charge in [0.2, 0.25) is 0 Å². The third-order valence-corrected chi connectivity index (χ3v) is 3.97. The van der Waals surface area contributed by atoms with Crippen LogP contribution in [0.5, 0.6) is 0 Å². The maximum absolute atomic E-state index is 12.8. The maximum Gasteiger partial charge on any atom is 0.306 e. The van der Waals surface area contributed by atoms with Gasteiger partial charge in [-0.15, -0.1) is 0 Å². The zero-order valence-electron chi connectivity index (χ0n) is 12.8. The lowest BCUT2D eigenvalue weighted by molar-refractivity contribution is -0.154. The molecular formula is C17H22FNO3. The summed E-state index contributed by atoms with van der Waals surface area (Å²) in [5.41, 5.74) is 0.474. The molecule has 0 saturated heterocycles. The molecule has 0 heterocycles. The molecule has 0 bridgehead atoms. The van der Waals surface area contributed by atoms with Crippen LogP contribution >= 0.6 is 0 Å². The highest BCUT2D eigenvalue weighted by Gasteiger charge is 2.22. The van der Waals surface area contributed by atoms with E-state index in [1.807, 2.05) is 0 Å². The van der Waals surface area contributed by atoms with Crippen LogP contribution in [0.2, 0.25) is 0 Å². The second-order valence-electron chi connectivity index (χ2n) is 5.84. The molecule has 1 N–H and O–H groups in total. The molecule has 22 heavy (non-hydrogen) atoms. The highest BCUT2D eigenvalue weighted by molar-refractivity contribution is 5.95. The van der Waals surface area contributed by atoms with Gasteiger partial charge in [0, 0.05) is 12.1 Å². The van der Waals surface area contributed by atoms with Crippen LogP contribution in [-0.4, -0.2) is 18.0 Å². The van der Waals surface area contributed by atoms with Crippen LogP contribution in [0.15, 0.2) is 24.3 Å². The molecule has 0 spiro atoms. The van der Waals surface area contributed by atoms with E-state index in [1.54, 1.807) is 0 Å². The summed E-state index contributed by atoms with van der Waals surface area (Å²) in [6, 6.07) is 5.44. The molecular weight excluding hydrogens is 285 g/mol. The van der Waals surface area contributed by atoms with Crippen molar-refractivity contribution in [2.24, 2.45) is 5.92 Å². The van der Waals surface area contributed by atoms with Crippen LogP contribution in [0.1, 0.15) is 45.4 Å². The summed E-state index contributed by atoms with van der Waals surface area (Å²) >= 11 is 0.